The number of imidazole rings is 1. The second-order valence-electron chi connectivity index (χ2n) is 4.45. The summed E-state index contributed by atoms with van der Waals surface area (Å²) in [5, 5.41) is 0. The molecule has 2 aromatic heterocycles. The Morgan fingerprint density at radius 3 is 3.11 bits per heavy atom. The molecule has 0 fully saturated rings. The van der Waals surface area contributed by atoms with Crippen molar-refractivity contribution in [3.05, 3.63) is 43.0 Å². The van der Waals surface area contributed by atoms with Crippen LogP contribution in [0.1, 0.15) is 6.92 Å². The fraction of sp³-hybridized carbons (Fsp3) is 0.286. The highest BCUT2D eigenvalue weighted by Gasteiger charge is 2.05. The Morgan fingerprint density at radius 1 is 1.53 bits per heavy atom. The second-order valence-corrected chi connectivity index (χ2v) is 4.45. The van der Waals surface area contributed by atoms with Crippen molar-refractivity contribution < 1.29 is 4.74 Å². The maximum atomic E-state index is 5.69. The summed E-state index contributed by atoms with van der Waals surface area (Å²) in [6.07, 6.45) is 5.29. The molecule has 100 valence electrons. The molecule has 0 atom stereocenters. The van der Waals surface area contributed by atoms with Crippen LogP contribution in [0.5, 0.6) is 0 Å². The van der Waals surface area contributed by atoms with Gasteiger partial charge in [0, 0.05) is 18.3 Å². The molecular weight excluding hydrogens is 240 g/mol. The SMILES string of the molecule is C=C(C)COCCn1cncc1-c1ccnc(N)c1. The zero-order valence-corrected chi connectivity index (χ0v) is 11.0. The van der Waals surface area contributed by atoms with E-state index < -0.39 is 0 Å². The van der Waals surface area contributed by atoms with E-state index in [2.05, 4.69) is 16.5 Å². The molecule has 2 N–H and O–H groups in total. The van der Waals surface area contributed by atoms with Crippen molar-refractivity contribution in [3.8, 4) is 11.3 Å². The van der Waals surface area contributed by atoms with Crippen molar-refractivity contribution in [2.24, 2.45) is 0 Å². The van der Waals surface area contributed by atoms with Gasteiger partial charge in [0.15, 0.2) is 0 Å². The molecule has 0 aromatic carbocycles. The van der Waals surface area contributed by atoms with Crippen LogP contribution in [0.25, 0.3) is 11.3 Å². The monoisotopic (exact) mass is 258 g/mol. The Kier molecular flexibility index (Phi) is 4.30. The van der Waals surface area contributed by atoms with E-state index in [-0.39, 0.29) is 0 Å². The predicted octanol–water partition coefficient (Wildman–Crippen LogP) is 2.12. The fourth-order valence-corrected chi connectivity index (χ4v) is 1.76. The van der Waals surface area contributed by atoms with Gasteiger partial charge in [-0.3, -0.25) is 0 Å². The first kappa shape index (κ1) is 13.3. The molecular formula is C14H18N4O. The number of aromatic nitrogens is 3. The van der Waals surface area contributed by atoms with Gasteiger partial charge in [-0.1, -0.05) is 12.2 Å². The Morgan fingerprint density at radius 2 is 2.37 bits per heavy atom. The highest BCUT2D eigenvalue weighted by molar-refractivity contribution is 5.61. The number of nitrogens with zero attached hydrogens (tertiary/aromatic N) is 3. The lowest BCUT2D eigenvalue weighted by atomic mass is 10.2. The van der Waals surface area contributed by atoms with Gasteiger partial charge in [0.2, 0.25) is 0 Å². The molecule has 0 aliphatic rings. The van der Waals surface area contributed by atoms with E-state index in [1.165, 1.54) is 0 Å². The van der Waals surface area contributed by atoms with Gasteiger partial charge < -0.3 is 15.0 Å². The average molecular weight is 258 g/mol. The van der Waals surface area contributed by atoms with Crippen molar-refractivity contribution in [1.82, 2.24) is 14.5 Å². The smallest absolute Gasteiger partial charge is 0.123 e. The Balaban J connectivity index is 2.03. The molecule has 5 nitrogen and oxygen atoms in total. The quantitative estimate of drug-likeness (QED) is 0.636. The summed E-state index contributed by atoms with van der Waals surface area (Å²) in [7, 11) is 0. The zero-order valence-electron chi connectivity index (χ0n) is 11.0. The number of hydrogen-bond donors (Lipinski definition) is 1. The number of hydrogen-bond acceptors (Lipinski definition) is 4. The number of nitrogen functional groups attached to an aromatic ring is 1. The number of nitrogens with two attached hydrogens (primary N) is 1. The van der Waals surface area contributed by atoms with Crippen molar-refractivity contribution in [3.63, 3.8) is 0 Å². The molecule has 0 saturated carbocycles. The Labute approximate surface area is 112 Å². The largest absolute Gasteiger partial charge is 0.384 e. The Bertz CT molecular complexity index is 562. The topological polar surface area (TPSA) is 66.0 Å². The normalized spacial score (nSPS) is 10.6. The zero-order chi connectivity index (χ0) is 13.7. The van der Waals surface area contributed by atoms with E-state index in [0.29, 0.717) is 19.0 Å². The van der Waals surface area contributed by atoms with Gasteiger partial charge in [0.25, 0.3) is 0 Å². The van der Waals surface area contributed by atoms with Crippen molar-refractivity contribution in [2.45, 2.75) is 13.5 Å². The van der Waals surface area contributed by atoms with Gasteiger partial charge in [0.05, 0.1) is 31.4 Å². The van der Waals surface area contributed by atoms with Crippen molar-refractivity contribution in [1.29, 1.82) is 0 Å². The summed E-state index contributed by atoms with van der Waals surface area (Å²) in [6.45, 7) is 7.70. The number of pyridine rings is 1. The highest BCUT2D eigenvalue weighted by Crippen LogP contribution is 2.19. The van der Waals surface area contributed by atoms with Crippen molar-refractivity contribution >= 4 is 5.82 Å². The average Bonchev–Trinajstić information content (AvgIpc) is 2.83. The Hall–Kier alpha value is -2.14. The van der Waals surface area contributed by atoms with Gasteiger partial charge in [-0.2, -0.15) is 0 Å². The lowest BCUT2D eigenvalue weighted by molar-refractivity contribution is 0.147. The maximum Gasteiger partial charge on any atom is 0.123 e. The van der Waals surface area contributed by atoms with Gasteiger partial charge in [-0.25, -0.2) is 9.97 Å². The van der Waals surface area contributed by atoms with Crippen LogP contribution < -0.4 is 5.73 Å². The molecule has 2 rings (SSSR count). The molecule has 0 amide bonds. The lowest BCUT2D eigenvalue weighted by Gasteiger charge is -2.09. The maximum absolute atomic E-state index is 5.69. The standard InChI is InChI=1S/C14H18N4O/c1-11(2)9-19-6-5-18-10-16-8-13(18)12-3-4-17-14(15)7-12/h3-4,7-8,10H,1,5-6,9H2,2H3,(H2,15,17). The van der Waals surface area contributed by atoms with E-state index in [9.17, 15) is 0 Å². The van der Waals surface area contributed by atoms with E-state index in [4.69, 9.17) is 10.5 Å². The molecule has 0 aliphatic carbocycles. The molecule has 0 spiro atoms. The van der Waals surface area contributed by atoms with E-state index >= 15 is 0 Å². The van der Waals surface area contributed by atoms with Crippen LogP contribution >= 0.6 is 0 Å². The molecule has 5 heteroatoms. The minimum atomic E-state index is 0.504. The molecule has 0 radical (unpaired) electrons. The van der Waals surface area contributed by atoms with E-state index in [1.807, 2.05) is 29.8 Å². The van der Waals surface area contributed by atoms with E-state index in [1.54, 1.807) is 12.5 Å². The first-order valence-corrected chi connectivity index (χ1v) is 6.11. The summed E-state index contributed by atoms with van der Waals surface area (Å²) in [6, 6.07) is 3.75. The van der Waals surface area contributed by atoms with Crippen molar-refractivity contribution in [2.75, 3.05) is 18.9 Å². The minimum absolute atomic E-state index is 0.504. The van der Waals surface area contributed by atoms with Crippen LogP contribution in [0.4, 0.5) is 5.82 Å². The number of rotatable bonds is 6. The van der Waals surface area contributed by atoms with Crippen LogP contribution in [0.2, 0.25) is 0 Å². The van der Waals surface area contributed by atoms with E-state index in [0.717, 1.165) is 23.4 Å². The number of ether oxygens (including phenoxy) is 1. The van der Waals surface area contributed by atoms with Crippen LogP contribution in [0, 0.1) is 0 Å². The molecule has 2 aromatic rings. The number of anilines is 1. The summed E-state index contributed by atoms with van der Waals surface area (Å²) in [5.41, 5.74) is 8.73. The van der Waals surface area contributed by atoms with Crippen LogP contribution in [0.15, 0.2) is 43.0 Å². The highest BCUT2D eigenvalue weighted by atomic mass is 16.5. The molecule has 2 heterocycles. The van der Waals surface area contributed by atoms with Gasteiger partial charge in [-0.05, 0) is 19.1 Å². The third-order valence-corrected chi connectivity index (χ3v) is 2.61. The van der Waals surface area contributed by atoms with Crippen LogP contribution in [-0.4, -0.2) is 27.7 Å². The second kappa shape index (κ2) is 6.15. The fourth-order valence-electron chi connectivity index (χ4n) is 1.76. The summed E-state index contributed by atoms with van der Waals surface area (Å²) >= 11 is 0. The molecule has 19 heavy (non-hydrogen) atoms. The van der Waals surface area contributed by atoms with Gasteiger partial charge in [-0.15, -0.1) is 0 Å². The third kappa shape index (κ3) is 3.66. The molecule has 0 unspecified atom stereocenters. The van der Waals surface area contributed by atoms with Crippen LogP contribution in [0.3, 0.4) is 0 Å². The first-order valence-electron chi connectivity index (χ1n) is 6.11. The first-order chi connectivity index (χ1) is 9.16. The molecule has 0 bridgehead atoms. The van der Waals surface area contributed by atoms with Crippen LogP contribution in [-0.2, 0) is 11.3 Å². The lowest BCUT2D eigenvalue weighted by Crippen LogP contribution is -2.07. The van der Waals surface area contributed by atoms with Gasteiger partial charge >= 0.3 is 0 Å². The van der Waals surface area contributed by atoms with Gasteiger partial charge in [0.1, 0.15) is 5.82 Å². The minimum Gasteiger partial charge on any atom is -0.384 e. The molecule has 0 saturated heterocycles. The summed E-state index contributed by atoms with van der Waals surface area (Å²) in [4.78, 5) is 8.16. The third-order valence-electron chi connectivity index (χ3n) is 2.61. The molecule has 0 aliphatic heterocycles. The predicted molar refractivity (Wildman–Crippen MR) is 75.5 cm³/mol. The summed E-state index contributed by atoms with van der Waals surface area (Å²) in [5.74, 6) is 0.504. The summed E-state index contributed by atoms with van der Waals surface area (Å²) < 4.78 is 7.53.